The summed E-state index contributed by atoms with van der Waals surface area (Å²) < 4.78 is 2.08. The fraction of sp³-hybridized carbons (Fsp3) is 0.292. The van der Waals surface area contributed by atoms with Crippen molar-refractivity contribution in [2.45, 2.75) is 39.2 Å². The van der Waals surface area contributed by atoms with Gasteiger partial charge in [0.25, 0.3) is 0 Å². The number of fused-ring (bicyclic) bond motifs is 1. The van der Waals surface area contributed by atoms with Crippen molar-refractivity contribution in [1.82, 2.24) is 25.1 Å². The van der Waals surface area contributed by atoms with Crippen LogP contribution in [0.3, 0.4) is 0 Å². The molecular formula is C24H27N5O. The number of carbonyl (C=O) groups excluding carboxylic acids is 1. The van der Waals surface area contributed by atoms with Crippen LogP contribution in [0.25, 0.3) is 11.0 Å². The lowest BCUT2D eigenvalue weighted by Gasteiger charge is -2.19. The molecular weight excluding hydrogens is 374 g/mol. The zero-order chi connectivity index (χ0) is 21.1. The van der Waals surface area contributed by atoms with Gasteiger partial charge in [-0.2, -0.15) is 5.10 Å². The van der Waals surface area contributed by atoms with E-state index in [0.29, 0.717) is 19.3 Å². The van der Waals surface area contributed by atoms with Gasteiger partial charge >= 0.3 is 0 Å². The third-order valence-electron chi connectivity index (χ3n) is 5.63. The van der Waals surface area contributed by atoms with Gasteiger partial charge in [-0.05, 0) is 49.9 Å². The monoisotopic (exact) mass is 401 g/mol. The summed E-state index contributed by atoms with van der Waals surface area (Å²) in [6.45, 7) is 3.96. The Kier molecular flexibility index (Phi) is 5.65. The van der Waals surface area contributed by atoms with Crippen LogP contribution in [0.15, 0.2) is 54.6 Å². The molecule has 2 aromatic carbocycles. The average Bonchev–Trinajstić information content (AvgIpc) is 3.26. The number of benzene rings is 2. The summed E-state index contributed by atoms with van der Waals surface area (Å²) in [7, 11) is 2.01. The minimum Gasteiger partial charge on any atom is -0.346 e. The van der Waals surface area contributed by atoms with E-state index in [2.05, 4.69) is 38.3 Å². The number of aryl methyl sites for hydroxylation is 3. The molecule has 2 aromatic heterocycles. The number of imidazole rings is 1. The molecule has 0 saturated heterocycles. The fourth-order valence-electron chi connectivity index (χ4n) is 3.98. The number of hydrogen-bond donors (Lipinski definition) is 2. The summed E-state index contributed by atoms with van der Waals surface area (Å²) in [5.41, 5.74) is 6.26. The fourth-order valence-corrected chi connectivity index (χ4v) is 3.98. The van der Waals surface area contributed by atoms with Crippen LogP contribution in [0, 0.1) is 13.8 Å². The first-order valence-electron chi connectivity index (χ1n) is 10.3. The van der Waals surface area contributed by atoms with Crippen molar-refractivity contribution in [2.24, 2.45) is 7.05 Å². The second-order valence-corrected chi connectivity index (χ2v) is 7.74. The summed E-state index contributed by atoms with van der Waals surface area (Å²) in [5.74, 6) is 0.882. The van der Waals surface area contributed by atoms with Crippen LogP contribution < -0.4 is 5.32 Å². The van der Waals surface area contributed by atoms with Gasteiger partial charge in [0, 0.05) is 19.2 Å². The molecule has 0 fully saturated rings. The lowest BCUT2D eigenvalue weighted by molar-refractivity contribution is -0.121. The van der Waals surface area contributed by atoms with Crippen LogP contribution in [0.1, 0.15) is 40.8 Å². The standard InChI is InChI=1S/C24H27N5O/c1-16-19(17(2)28-27-16)13-14-23(30)25-21(15-18-9-5-4-6-10-18)24-26-20-11-7-8-12-22(20)29(24)3/h4-12,21H,13-15H2,1-3H3,(H,25,30)(H,27,28). The van der Waals surface area contributed by atoms with Gasteiger partial charge in [-0.3, -0.25) is 9.89 Å². The molecule has 2 heterocycles. The molecule has 1 unspecified atom stereocenters. The topological polar surface area (TPSA) is 75.6 Å². The summed E-state index contributed by atoms with van der Waals surface area (Å²) >= 11 is 0. The van der Waals surface area contributed by atoms with Crippen molar-refractivity contribution in [3.8, 4) is 0 Å². The number of carbonyl (C=O) groups is 1. The van der Waals surface area contributed by atoms with Crippen LogP contribution >= 0.6 is 0 Å². The maximum atomic E-state index is 12.9. The molecule has 154 valence electrons. The van der Waals surface area contributed by atoms with Gasteiger partial charge in [-0.1, -0.05) is 42.5 Å². The van der Waals surface area contributed by atoms with Crippen molar-refractivity contribution in [1.29, 1.82) is 0 Å². The Morgan fingerprint density at radius 1 is 1.10 bits per heavy atom. The Hall–Kier alpha value is -3.41. The molecule has 6 nitrogen and oxygen atoms in total. The number of aromatic nitrogens is 4. The summed E-state index contributed by atoms with van der Waals surface area (Å²) in [6.07, 6.45) is 1.77. The highest BCUT2D eigenvalue weighted by atomic mass is 16.1. The molecule has 0 aliphatic rings. The molecule has 0 saturated carbocycles. The van der Waals surface area contributed by atoms with E-state index in [1.54, 1.807) is 0 Å². The van der Waals surface area contributed by atoms with Crippen molar-refractivity contribution in [2.75, 3.05) is 0 Å². The number of amides is 1. The Labute approximate surface area is 176 Å². The molecule has 1 atom stereocenters. The van der Waals surface area contributed by atoms with Gasteiger partial charge in [0.15, 0.2) is 0 Å². The van der Waals surface area contributed by atoms with Crippen LogP contribution in [0.2, 0.25) is 0 Å². The first kappa shape index (κ1) is 19.9. The van der Waals surface area contributed by atoms with Crippen molar-refractivity contribution < 1.29 is 4.79 Å². The van der Waals surface area contributed by atoms with E-state index < -0.39 is 0 Å². The molecule has 0 radical (unpaired) electrons. The van der Waals surface area contributed by atoms with Gasteiger partial charge in [0.1, 0.15) is 5.82 Å². The second kappa shape index (κ2) is 8.53. The maximum absolute atomic E-state index is 12.9. The highest BCUT2D eigenvalue weighted by molar-refractivity contribution is 5.78. The normalized spacial score (nSPS) is 12.2. The third-order valence-corrected chi connectivity index (χ3v) is 5.63. The number of nitrogens with zero attached hydrogens (tertiary/aromatic N) is 3. The number of rotatable bonds is 7. The van der Waals surface area contributed by atoms with Gasteiger partial charge in [-0.25, -0.2) is 4.98 Å². The Balaban J connectivity index is 1.57. The van der Waals surface area contributed by atoms with Gasteiger partial charge in [0.2, 0.25) is 5.91 Å². The van der Waals surface area contributed by atoms with Crippen molar-refractivity contribution >= 4 is 16.9 Å². The van der Waals surface area contributed by atoms with E-state index >= 15 is 0 Å². The molecule has 30 heavy (non-hydrogen) atoms. The summed E-state index contributed by atoms with van der Waals surface area (Å²) in [4.78, 5) is 17.7. The Morgan fingerprint density at radius 3 is 2.53 bits per heavy atom. The molecule has 4 rings (SSSR count). The average molecular weight is 402 g/mol. The van der Waals surface area contributed by atoms with Crippen LogP contribution in [0.4, 0.5) is 0 Å². The zero-order valence-electron chi connectivity index (χ0n) is 17.6. The van der Waals surface area contributed by atoms with Crippen molar-refractivity contribution in [3.05, 3.63) is 82.9 Å². The summed E-state index contributed by atoms with van der Waals surface area (Å²) in [5, 5.41) is 10.4. The first-order valence-corrected chi connectivity index (χ1v) is 10.3. The molecule has 0 aliphatic heterocycles. The Morgan fingerprint density at radius 2 is 1.83 bits per heavy atom. The molecule has 0 bridgehead atoms. The highest BCUT2D eigenvalue weighted by Gasteiger charge is 2.21. The van der Waals surface area contributed by atoms with Gasteiger partial charge < -0.3 is 9.88 Å². The zero-order valence-corrected chi connectivity index (χ0v) is 17.6. The predicted octanol–water partition coefficient (Wildman–Crippen LogP) is 3.95. The van der Waals surface area contributed by atoms with E-state index in [0.717, 1.165) is 39.4 Å². The van der Waals surface area contributed by atoms with Gasteiger partial charge in [0.05, 0.1) is 22.8 Å². The second-order valence-electron chi connectivity index (χ2n) is 7.74. The van der Waals surface area contributed by atoms with Crippen LogP contribution in [-0.4, -0.2) is 25.7 Å². The Bertz CT molecular complexity index is 1140. The third kappa shape index (κ3) is 4.13. The molecule has 2 N–H and O–H groups in total. The smallest absolute Gasteiger partial charge is 0.220 e. The lowest BCUT2D eigenvalue weighted by atomic mass is 10.0. The van der Waals surface area contributed by atoms with Gasteiger partial charge in [-0.15, -0.1) is 0 Å². The minimum absolute atomic E-state index is 0.0167. The lowest BCUT2D eigenvalue weighted by Crippen LogP contribution is -2.32. The molecule has 0 aliphatic carbocycles. The summed E-state index contributed by atoms with van der Waals surface area (Å²) in [6, 6.07) is 18.1. The number of aromatic amines is 1. The van der Waals surface area contributed by atoms with E-state index in [1.165, 1.54) is 0 Å². The van der Waals surface area contributed by atoms with Crippen molar-refractivity contribution in [3.63, 3.8) is 0 Å². The largest absolute Gasteiger partial charge is 0.346 e. The SMILES string of the molecule is Cc1n[nH]c(C)c1CCC(=O)NC(Cc1ccccc1)c1nc2ccccc2n1C. The van der Waals surface area contributed by atoms with E-state index in [9.17, 15) is 4.79 Å². The van der Waals surface area contributed by atoms with E-state index in [1.807, 2.05) is 57.3 Å². The highest BCUT2D eigenvalue weighted by Crippen LogP contribution is 2.23. The minimum atomic E-state index is -0.205. The molecule has 4 aromatic rings. The predicted molar refractivity (Wildman–Crippen MR) is 118 cm³/mol. The molecule has 6 heteroatoms. The maximum Gasteiger partial charge on any atom is 0.220 e. The quantitative estimate of drug-likeness (QED) is 0.492. The van der Waals surface area contributed by atoms with E-state index in [-0.39, 0.29) is 11.9 Å². The molecule has 0 spiro atoms. The van der Waals surface area contributed by atoms with E-state index in [4.69, 9.17) is 4.98 Å². The number of H-pyrrole nitrogens is 1. The number of hydrogen-bond acceptors (Lipinski definition) is 3. The van der Waals surface area contributed by atoms with Crippen LogP contribution in [0.5, 0.6) is 0 Å². The number of para-hydroxylation sites is 2. The first-order chi connectivity index (χ1) is 14.5. The molecule has 1 amide bonds. The number of nitrogens with one attached hydrogen (secondary N) is 2. The van der Waals surface area contributed by atoms with Crippen LogP contribution in [-0.2, 0) is 24.7 Å².